The monoisotopic (exact) mass is 371 g/mol. The SMILES string of the molecule is Cl.c1cn(-c2ccc(CNc3ccc(N4CCOCC4)cn3)cc2)cn1. The maximum absolute atomic E-state index is 5.39. The Hall–Kier alpha value is -2.57. The van der Waals surface area contributed by atoms with E-state index in [-0.39, 0.29) is 12.4 Å². The zero-order chi connectivity index (χ0) is 16.9. The molecular formula is C19H22ClN5O. The van der Waals surface area contributed by atoms with Crippen LogP contribution in [0.25, 0.3) is 5.69 Å². The van der Waals surface area contributed by atoms with Crippen molar-refractivity contribution in [1.29, 1.82) is 0 Å². The second-order valence-corrected chi connectivity index (χ2v) is 5.99. The van der Waals surface area contributed by atoms with Gasteiger partial charge >= 0.3 is 0 Å². The highest BCUT2D eigenvalue weighted by Gasteiger charge is 2.11. The Bertz CT molecular complexity index is 784. The van der Waals surface area contributed by atoms with Gasteiger partial charge in [-0.25, -0.2) is 9.97 Å². The molecule has 1 aliphatic heterocycles. The van der Waals surface area contributed by atoms with Crippen molar-refractivity contribution < 1.29 is 4.74 Å². The quantitative estimate of drug-likeness (QED) is 0.746. The summed E-state index contributed by atoms with van der Waals surface area (Å²) in [5, 5.41) is 3.37. The van der Waals surface area contributed by atoms with E-state index in [0.717, 1.165) is 50.0 Å². The lowest BCUT2D eigenvalue weighted by atomic mass is 10.2. The number of rotatable bonds is 5. The number of halogens is 1. The van der Waals surface area contributed by atoms with Crippen molar-refractivity contribution >= 4 is 23.9 Å². The largest absolute Gasteiger partial charge is 0.378 e. The van der Waals surface area contributed by atoms with Crippen LogP contribution in [0.5, 0.6) is 0 Å². The number of benzene rings is 1. The average molecular weight is 372 g/mol. The number of imidazole rings is 1. The third kappa shape index (κ3) is 4.33. The predicted molar refractivity (Wildman–Crippen MR) is 105 cm³/mol. The molecule has 0 bridgehead atoms. The second-order valence-electron chi connectivity index (χ2n) is 5.99. The van der Waals surface area contributed by atoms with Crippen molar-refractivity contribution in [1.82, 2.24) is 14.5 Å². The van der Waals surface area contributed by atoms with Gasteiger partial charge in [0, 0.05) is 37.7 Å². The van der Waals surface area contributed by atoms with E-state index in [1.807, 2.05) is 23.0 Å². The lowest BCUT2D eigenvalue weighted by molar-refractivity contribution is 0.122. The van der Waals surface area contributed by atoms with Crippen molar-refractivity contribution in [3.63, 3.8) is 0 Å². The van der Waals surface area contributed by atoms with Gasteiger partial charge in [0.05, 0.1) is 31.4 Å². The zero-order valence-corrected chi connectivity index (χ0v) is 15.2. The molecule has 2 aromatic heterocycles. The van der Waals surface area contributed by atoms with Crippen LogP contribution >= 0.6 is 12.4 Å². The summed E-state index contributed by atoms with van der Waals surface area (Å²) in [6.45, 7) is 4.17. The lowest BCUT2D eigenvalue weighted by Crippen LogP contribution is -2.36. The van der Waals surface area contributed by atoms with E-state index in [1.54, 1.807) is 12.5 Å². The highest BCUT2D eigenvalue weighted by atomic mass is 35.5. The number of ether oxygens (including phenoxy) is 1. The maximum Gasteiger partial charge on any atom is 0.126 e. The maximum atomic E-state index is 5.39. The summed E-state index contributed by atoms with van der Waals surface area (Å²) in [5.41, 5.74) is 3.47. The minimum absolute atomic E-state index is 0. The van der Waals surface area contributed by atoms with Gasteiger partial charge in [0.1, 0.15) is 5.82 Å². The highest BCUT2D eigenvalue weighted by Crippen LogP contribution is 2.17. The van der Waals surface area contributed by atoms with E-state index in [9.17, 15) is 0 Å². The van der Waals surface area contributed by atoms with Crippen molar-refractivity contribution in [2.75, 3.05) is 36.5 Å². The van der Waals surface area contributed by atoms with E-state index in [4.69, 9.17) is 4.74 Å². The molecule has 1 N–H and O–H groups in total. The summed E-state index contributed by atoms with van der Waals surface area (Å²) < 4.78 is 7.37. The average Bonchev–Trinajstić information content (AvgIpc) is 3.23. The number of aromatic nitrogens is 3. The van der Waals surface area contributed by atoms with E-state index >= 15 is 0 Å². The van der Waals surface area contributed by atoms with E-state index < -0.39 is 0 Å². The first-order valence-electron chi connectivity index (χ1n) is 8.48. The molecule has 0 atom stereocenters. The van der Waals surface area contributed by atoms with Gasteiger partial charge in [0.15, 0.2) is 0 Å². The Morgan fingerprint density at radius 2 is 1.77 bits per heavy atom. The van der Waals surface area contributed by atoms with E-state index in [0.29, 0.717) is 0 Å². The summed E-state index contributed by atoms with van der Waals surface area (Å²) in [4.78, 5) is 10.9. The Morgan fingerprint density at radius 1 is 1.00 bits per heavy atom. The standard InChI is InChI=1S/C19H21N5O.ClH/c1-3-17(24-8-7-20-15-24)4-2-16(1)13-21-19-6-5-18(14-22-19)23-9-11-25-12-10-23;/h1-8,14-15H,9-13H2,(H,21,22);1H. The number of nitrogens with zero attached hydrogens (tertiary/aromatic N) is 4. The van der Waals surface area contributed by atoms with Crippen LogP contribution in [0.3, 0.4) is 0 Å². The smallest absolute Gasteiger partial charge is 0.126 e. The molecule has 1 aromatic carbocycles. The Morgan fingerprint density at radius 3 is 2.42 bits per heavy atom. The first kappa shape index (κ1) is 18.2. The first-order valence-corrected chi connectivity index (χ1v) is 8.48. The summed E-state index contributed by atoms with van der Waals surface area (Å²) in [6, 6.07) is 12.6. The third-order valence-corrected chi connectivity index (χ3v) is 4.34. The van der Waals surface area contributed by atoms with Gasteiger partial charge in [0.25, 0.3) is 0 Å². The minimum atomic E-state index is 0. The van der Waals surface area contributed by atoms with Crippen LogP contribution in [0.1, 0.15) is 5.56 Å². The molecule has 0 aliphatic carbocycles. The first-order chi connectivity index (χ1) is 12.4. The minimum Gasteiger partial charge on any atom is -0.378 e. The van der Waals surface area contributed by atoms with Crippen LogP contribution in [-0.4, -0.2) is 40.8 Å². The molecule has 7 heteroatoms. The number of anilines is 2. The van der Waals surface area contributed by atoms with Gasteiger partial charge in [-0.2, -0.15) is 0 Å². The molecular weight excluding hydrogens is 350 g/mol. The summed E-state index contributed by atoms with van der Waals surface area (Å²) in [5.74, 6) is 0.885. The number of morpholine rings is 1. The molecule has 0 amide bonds. The van der Waals surface area contributed by atoms with Gasteiger partial charge < -0.3 is 19.5 Å². The van der Waals surface area contributed by atoms with Crippen LogP contribution in [0.15, 0.2) is 61.3 Å². The highest BCUT2D eigenvalue weighted by molar-refractivity contribution is 5.85. The van der Waals surface area contributed by atoms with E-state index in [1.165, 1.54) is 5.56 Å². The van der Waals surface area contributed by atoms with E-state index in [2.05, 4.69) is 50.5 Å². The summed E-state index contributed by atoms with van der Waals surface area (Å²) in [7, 11) is 0. The molecule has 0 spiro atoms. The molecule has 0 saturated carbocycles. The van der Waals surface area contributed by atoms with Gasteiger partial charge in [-0.3, -0.25) is 0 Å². The van der Waals surface area contributed by atoms with Crippen molar-refractivity contribution in [3.8, 4) is 5.69 Å². The molecule has 136 valence electrons. The second kappa shape index (κ2) is 8.69. The summed E-state index contributed by atoms with van der Waals surface area (Å²) >= 11 is 0. The van der Waals surface area contributed by atoms with Crippen LogP contribution in [0.2, 0.25) is 0 Å². The lowest BCUT2D eigenvalue weighted by Gasteiger charge is -2.28. The van der Waals surface area contributed by atoms with Crippen LogP contribution in [0.4, 0.5) is 11.5 Å². The van der Waals surface area contributed by atoms with Crippen molar-refractivity contribution in [3.05, 3.63) is 66.9 Å². The zero-order valence-electron chi connectivity index (χ0n) is 14.4. The molecule has 6 nitrogen and oxygen atoms in total. The Labute approximate surface area is 159 Å². The fourth-order valence-electron chi connectivity index (χ4n) is 2.89. The number of hydrogen-bond donors (Lipinski definition) is 1. The van der Waals surface area contributed by atoms with Gasteiger partial charge in [-0.05, 0) is 29.8 Å². The normalized spacial score (nSPS) is 13.9. The number of pyridine rings is 1. The molecule has 4 rings (SSSR count). The Balaban J connectivity index is 0.00000196. The molecule has 26 heavy (non-hydrogen) atoms. The van der Waals surface area contributed by atoms with Gasteiger partial charge in [-0.1, -0.05) is 12.1 Å². The molecule has 0 unspecified atom stereocenters. The third-order valence-electron chi connectivity index (χ3n) is 4.34. The molecule has 3 heterocycles. The Kier molecular flexibility index (Phi) is 6.09. The molecule has 1 saturated heterocycles. The summed E-state index contributed by atoms with van der Waals surface area (Å²) in [6.07, 6.45) is 7.44. The fourth-order valence-corrected chi connectivity index (χ4v) is 2.89. The van der Waals surface area contributed by atoms with Crippen molar-refractivity contribution in [2.24, 2.45) is 0 Å². The van der Waals surface area contributed by atoms with Crippen LogP contribution < -0.4 is 10.2 Å². The van der Waals surface area contributed by atoms with Gasteiger partial charge in [-0.15, -0.1) is 12.4 Å². The molecule has 1 aliphatic rings. The fraction of sp³-hybridized carbons (Fsp3) is 0.263. The predicted octanol–water partition coefficient (Wildman–Crippen LogP) is 3.14. The van der Waals surface area contributed by atoms with Crippen molar-refractivity contribution in [2.45, 2.75) is 6.54 Å². The molecule has 3 aromatic rings. The topological polar surface area (TPSA) is 55.2 Å². The van der Waals surface area contributed by atoms with Crippen LogP contribution in [0, 0.1) is 0 Å². The molecule has 0 radical (unpaired) electrons. The van der Waals surface area contributed by atoms with Gasteiger partial charge in [0.2, 0.25) is 0 Å². The van der Waals surface area contributed by atoms with Crippen LogP contribution in [-0.2, 0) is 11.3 Å². The number of nitrogens with one attached hydrogen (secondary N) is 1. The number of hydrogen-bond acceptors (Lipinski definition) is 5. The molecule has 1 fully saturated rings.